The molecule has 150 valence electrons. The predicted octanol–water partition coefficient (Wildman–Crippen LogP) is 3.68. The van der Waals surface area contributed by atoms with Crippen molar-refractivity contribution in [1.29, 1.82) is 0 Å². The van der Waals surface area contributed by atoms with Crippen molar-refractivity contribution >= 4 is 40.4 Å². The van der Waals surface area contributed by atoms with E-state index in [9.17, 15) is 9.59 Å². The number of aromatic nitrogens is 4. The second kappa shape index (κ2) is 8.75. The number of carbonyl (C=O) groups is 2. The Labute approximate surface area is 176 Å². The molecule has 9 heteroatoms. The van der Waals surface area contributed by atoms with Gasteiger partial charge in [-0.25, -0.2) is 14.8 Å². The van der Waals surface area contributed by atoms with E-state index >= 15 is 0 Å². The van der Waals surface area contributed by atoms with Crippen LogP contribution in [0.1, 0.15) is 26.3 Å². The highest BCUT2D eigenvalue weighted by atomic mass is 32.2. The molecule has 0 saturated heterocycles. The smallest absolute Gasteiger partial charge is 0.337 e. The van der Waals surface area contributed by atoms with E-state index in [0.29, 0.717) is 28.2 Å². The number of methoxy groups -OCH3 is 1. The largest absolute Gasteiger partial charge is 0.465 e. The van der Waals surface area contributed by atoms with Gasteiger partial charge in [-0.3, -0.25) is 9.89 Å². The van der Waals surface area contributed by atoms with Crippen LogP contribution in [0, 0.1) is 0 Å². The first kappa shape index (κ1) is 19.6. The number of anilines is 1. The van der Waals surface area contributed by atoms with Crippen LogP contribution in [0.5, 0.6) is 0 Å². The average molecular weight is 419 g/mol. The Kier molecular flexibility index (Phi) is 5.71. The fourth-order valence-corrected chi connectivity index (χ4v) is 3.77. The van der Waals surface area contributed by atoms with Gasteiger partial charge in [-0.15, -0.1) is 11.8 Å². The van der Waals surface area contributed by atoms with E-state index in [1.165, 1.54) is 19.5 Å². The molecule has 0 bridgehead atoms. The maximum absolute atomic E-state index is 12.6. The van der Waals surface area contributed by atoms with Crippen molar-refractivity contribution in [3.05, 3.63) is 77.7 Å². The van der Waals surface area contributed by atoms with Crippen LogP contribution in [-0.2, 0) is 10.5 Å². The monoisotopic (exact) mass is 419 g/mol. The summed E-state index contributed by atoms with van der Waals surface area (Å²) in [5.41, 5.74) is 3.09. The van der Waals surface area contributed by atoms with Crippen molar-refractivity contribution in [2.24, 2.45) is 0 Å². The minimum Gasteiger partial charge on any atom is -0.465 e. The minimum atomic E-state index is -0.486. The van der Waals surface area contributed by atoms with Gasteiger partial charge >= 0.3 is 5.97 Å². The van der Waals surface area contributed by atoms with Crippen molar-refractivity contribution in [2.75, 3.05) is 12.4 Å². The number of hydrogen-bond acceptors (Lipinski definition) is 7. The number of carbonyl (C=O) groups excluding carboxylic acids is 2. The molecule has 0 aliphatic heterocycles. The molecule has 2 N–H and O–H groups in total. The number of aromatic amines is 1. The second-order valence-electron chi connectivity index (χ2n) is 6.33. The highest BCUT2D eigenvalue weighted by Crippen LogP contribution is 2.27. The van der Waals surface area contributed by atoms with Crippen molar-refractivity contribution in [3.63, 3.8) is 0 Å². The lowest BCUT2D eigenvalue weighted by molar-refractivity contribution is 0.0600. The standard InChI is InChI=1S/C21H17N5O3S/c1-29-21(28)15-6-3-5-14(9-15)19(27)25-16-7-2-4-13(8-16)11-30-20-17-10-24-26-18(17)22-12-23-20/h2-10,12H,11H2,1H3,(H,25,27)(H,22,23,24,26). The maximum atomic E-state index is 12.6. The highest BCUT2D eigenvalue weighted by molar-refractivity contribution is 7.98. The molecule has 30 heavy (non-hydrogen) atoms. The number of H-pyrrole nitrogens is 1. The summed E-state index contributed by atoms with van der Waals surface area (Å²) in [6.45, 7) is 0. The molecule has 0 aliphatic rings. The lowest BCUT2D eigenvalue weighted by Gasteiger charge is -2.08. The zero-order valence-electron chi connectivity index (χ0n) is 16.0. The van der Waals surface area contributed by atoms with Gasteiger partial charge in [-0.05, 0) is 35.9 Å². The van der Waals surface area contributed by atoms with E-state index in [1.54, 1.807) is 36.2 Å². The van der Waals surface area contributed by atoms with Crippen LogP contribution in [0.4, 0.5) is 5.69 Å². The third-order valence-electron chi connectivity index (χ3n) is 4.32. The predicted molar refractivity (Wildman–Crippen MR) is 113 cm³/mol. The van der Waals surface area contributed by atoms with Gasteiger partial charge in [0, 0.05) is 17.0 Å². The minimum absolute atomic E-state index is 0.304. The Morgan fingerprint density at radius 1 is 1.10 bits per heavy atom. The summed E-state index contributed by atoms with van der Waals surface area (Å²) in [5, 5.41) is 11.4. The number of benzene rings is 2. The molecule has 4 rings (SSSR count). The van der Waals surface area contributed by atoms with E-state index in [1.807, 2.05) is 24.3 Å². The van der Waals surface area contributed by atoms with Crippen LogP contribution in [0.15, 0.2) is 66.1 Å². The normalized spacial score (nSPS) is 10.7. The quantitative estimate of drug-likeness (QED) is 0.279. The molecule has 0 unspecified atom stereocenters. The van der Waals surface area contributed by atoms with Gasteiger partial charge < -0.3 is 10.1 Å². The summed E-state index contributed by atoms with van der Waals surface area (Å²) in [6, 6.07) is 14.0. The van der Waals surface area contributed by atoms with Crippen LogP contribution < -0.4 is 5.32 Å². The van der Waals surface area contributed by atoms with E-state index < -0.39 is 5.97 Å². The maximum Gasteiger partial charge on any atom is 0.337 e. The zero-order chi connectivity index (χ0) is 20.9. The lowest BCUT2D eigenvalue weighted by atomic mass is 10.1. The summed E-state index contributed by atoms with van der Waals surface area (Å²) >= 11 is 1.56. The third-order valence-corrected chi connectivity index (χ3v) is 5.39. The van der Waals surface area contributed by atoms with E-state index in [2.05, 4.69) is 25.5 Å². The van der Waals surface area contributed by atoms with Crippen molar-refractivity contribution < 1.29 is 14.3 Å². The van der Waals surface area contributed by atoms with Crippen LogP contribution in [0.3, 0.4) is 0 Å². The van der Waals surface area contributed by atoms with Crippen LogP contribution >= 0.6 is 11.8 Å². The number of thioether (sulfide) groups is 1. The summed E-state index contributed by atoms with van der Waals surface area (Å²) in [6.07, 6.45) is 3.21. The Morgan fingerprint density at radius 3 is 2.80 bits per heavy atom. The number of ether oxygens (including phenoxy) is 1. The first-order valence-corrected chi connectivity index (χ1v) is 9.98. The number of nitrogens with one attached hydrogen (secondary N) is 2. The van der Waals surface area contributed by atoms with Crippen LogP contribution in [0.2, 0.25) is 0 Å². The summed E-state index contributed by atoms with van der Waals surface area (Å²) in [4.78, 5) is 32.7. The number of nitrogens with zero attached hydrogens (tertiary/aromatic N) is 3. The third kappa shape index (κ3) is 4.31. The van der Waals surface area contributed by atoms with Crippen molar-refractivity contribution in [2.45, 2.75) is 10.8 Å². The van der Waals surface area contributed by atoms with E-state index in [0.717, 1.165) is 16.0 Å². The van der Waals surface area contributed by atoms with E-state index in [4.69, 9.17) is 4.74 Å². The van der Waals surface area contributed by atoms with Crippen LogP contribution in [-0.4, -0.2) is 39.2 Å². The molecule has 0 fully saturated rings. The molecule has 2 aromatic carbocycles. The first-order chi connectivity index (χ1) is 14.6. The first-order valence-electron chi connectivity index (χ1n) is 8.99. The molecule has 0 atom stereocenters. The van der Waals surface area contributed by atoms with E-state index in [-0.39, 0.29) is 5.91 Å². The van der Waals surface area contributed by atoms with Gasteiger partial charge in [0.2, 0.25) is 0 Å². The highest BCUT2D eigenvalue weighted by Gasteiger charge is 2.12. The summed E-state index contributed by atoms with van der Waals surface area (Å²) in [5.74, 6) is -0.125. The molecule has 0 spiro atoms. The molecule has 0 radical (unpaired) electrons. The summed E-state index contributed by atoms with van der Waals surface area (Å²) < 4.78 is 4.70. The molecule has 0 aliphatic carbocycles. The molecular formula is C21H17N5O3S. The van der Waals surface area contributed by atoms with Crippen LogP contribution in [0.25, 0.3) is 11.0 Å². The molecule has 4 aromatic rings. The molecule has 1 amide bonds. The number of rotatable bonds is 6. The molecule has 2 aromatic heterocycles. The SMILES string of the molecule is COC(=O)c1cccc(C(=O)Nc2cccc(CSc3ncnc4[nH]ncc34)c2)c1. The van der Waals surface area contributed by atoms with Crippen molar-refractivity contribution in [1.82, 2.24) is 20.2 Å². The van der Waals surface area contributed by atoms with Gasteiger partial charge in [0.05, 0.1) is 24.3 Å². The summed E-state index contributed by atoms with van der Waals surface area (Å²) in [7, 11) is 1.30. The number of hydrogen-bond donors (Lipinski definition) is 2. The van der Waals surface area contributed by atoms with Gasteiger partial charge in [-0.1, -0.05) is 18.2 Å². The second-order valence-corrected chi connectivity index (χ2v) is 7.29. The Hall–Kier alpha value is -3.72. The van der Waals surface area contributed by atoms with Gasteiger partial charge in [0.15, 0.2) is 5.65 Å². The fourth-order valence-electron chi connectivity index (χ4n) is 2.86. The molecular weight excluding hydrogens is 402 g/mol. The Morgan fingerprint density at radius 2 is 1.93 bits per heavy atom. The number of amides is 1. The lowest BCUT2D eigenvalue weighted by Crippen LogP contribution is -2.13. The Balaban J connectivity index is 1.45. The molecule has 0 saturated carbocycles. The number of esters is 1. The van der Waals surface area contributed by atoms with Gasteiger partial charge in [0.1, 0.15) is 11.4 Å². The number of fused-ring (bicyclic) bond motifs is 1. The molecule has 8 nitrogen and oxygen atoms in total. The van der Waals surface area contributed by atoms with Gasteiger partial charge in [0.25, 0.3) is 5.91 Å². The average Bonchev–Trinajstić information content (AvgIpc) is 3.27. The van der Waals surface area contributed by atoms with Crippen molar-refractivity contribution in [3.8, 4) is 0 Å². The zero-order valence-corrected chi connectivity index (χ0v) is 16.8. The fraction of sp³-hybridized carbons (Fsp3) is 0.0952. The Bertz CT molecular complexity index is 1220. The topological polar surface area (TPSA) is 110 Å². The van der Waals surface area contributed by atoms with Gasteiger partial charge in [-0.2, -0.15) is 5.10 Å². The molecule has 2 heterocycles.